The van der Waals surface area contributed by atoms with Crippen LogP contribution < -0.4 is 9.47 Å². The van der Waals surface area contributed by atoms with Crippen LogP contribution in [0.1, 0.15) is 32.6 Å². The third-order valence-corrected chi connectivity index (χ3v) is 5.13. The molecule has 2 amide bonds. The van der Waals surface area contributed by atoms with Gasteiger partial charge in [0.15, 0.2) is 0 Å². The Labute approximate surface area is 178 Å². The van der Waals surface area contributed by atoms with Crippen LogP contribution in [-0.4, -0.2) is 74.6 Å². The van der Waals surface area contributed by atoms with Crippen molar-refractivity contribution in [2.24, 2.45) is 5.92 Å². The van der Waals surface area contributed by atoms with Gasteiger partial charge in [-0.05, 0) is 50.5 Å². The Bertz CT molecular complexity index is 698. The van der Waals surface area contributed by atoms with Crippen molar-refractivity contribution in [1.82, 2.24) is 9.80 Å². The fourth-order valence-electron chi connectivity index (χ4n) is 3.29. The number of hydrogen-bond acceptors (Lipinski definition) is 6. The lowest BCUT2D eigenvalue weighted by molar-refractivity contribution is -0.151. The van der Waals surface area contributed by atoms with Gasteiger partial charge in [-0.2, -0.15) is 0 Å². The van der Waals surface area contributed by atoms with E-state index in [0.717, 1.165) is 11.5 Å². The lowest BCUT2D eigenvalue weighted by Gasteiger charge is -2.32. The van der Waals surface area contributed by atoms with E-state index in [2.05, 4.69) is 0 Å². The van der Waals surface area contributed by atoms with Crippen LogP contribution in [0.2, 0.25) is 0 Å². The molecule has 0 atom stereocenters. The maximum Gasteiger partial charge on any atom is 0.309 e. The molecular formula is C22H32N2O6. The molecule has 0 N–H and O–H groups in total. The van der Waals surface area contributed by atoms with Gasteiger partial charge in [-0.3, -0.25) is 14.4 Å². The number of likely N-dealkylation sites (tertiary alicyclic amines) is 1. The monoisotopic (exact) mass is 420 g/mol. The molecule has 1 aromatic rings. The molecule has 0 aromatic heterocycles. The van der Waals surface area contributed by atoms with Crippen molar-refractivity contribution in [3.63, 3.8) is 0 Å². The zero-order valence-corrected chi connectivity index (χ0v) is 18.1. The number of carbonyl (C=O) groups is 3. The highest BCUT2D eigenvalue weighted by atomic mass is 16.5. The summed E-state index contributed by atoms with van der Waals surface area (Å²) >= 11 is 0. The molecule has 1 aliphatic rings. The standard InChI is InChI=1S/C22H32N2O6/c1-4-29-22(27)17-11-13-24(14-12-17)21(26)16-23(2)20(25)6-5-15-30-19-9-7-18(28-3)8-10-19/h7-10,17H,4-6,11-16H2,1-3H3. The summed E-state index contributed by atoms with van der Waals surface area (Å²) in [7, 11) is 3.24. The third-order valence-electron chi connectivity index (χ3n) is 5.13. The summed E-state index contributed by atoms with van der Waals surface area (Å²) in [6.07, 6.45) is 2.08. The van der Waals surface area contributed by atoms with E-state index < -0.39 is 0 Å². The number of esters is 1. The number of benzene rings is 1. The maximum atomic E-state index is 12.5. The Kier molecular flexibility index (Phi) is 9.44. The molecule has 2 rings (SSSR count). The fraction of sp³-hybridized carbons (Fsp3) is 0.591. The van der Waals surface area contributed by atoms with Gasteiger partial charge in [-0.15, -0.1) is 0 Å². The molecule has 0 unspecified atom stereocenters. The quantitative estimate of drug-likeness (QED) is 0.426. The molecule has 0 spiro atoms. The average Bonchev–Trinajstić information content (AvgIpc) is 2.77. The van der Waals surface area contributed by atoms with Crippen molar-refractivity contribution in [2.75, 3.05) is 47.0 Å². The highest BCUT2D eigenvalue weighted by Crippen LogP contribution is 2.19. The van der Waals surface area contributed by atoms with Gasteiger partial charge in [0.25, 0.3) is 0 Å². The minimum absolute atomic E-state index is 0.0439. The molecule has 1 aromatic carbocycles. The summed E-state index contributed by atoms with van der Waals surface area (Å²) in [5.41, 5.74) is 0. The lowest BCUT2D eigenvalue weighted by atomic mass is 9.97. The minimum atomic E-state index is -0.186. The molecule has 0 saturated carbocycles. The smallest absolute Gasteiger partial charge is 0.309 e. The summed E-state index contributed by atoms with van der Waals surface area (Å²) in [6.45, 7) is 3.65. The van der Waals surface area contributed by atoms with E-state index in [1.807, 2.05) is 24.3 Å². The zero-order valence-electron chi connectivity index (χ0n) is 18.1. The first-order valence-corrected chi connectivity index (χ1v) is 10.4. The highest BCUT2D eigenvalue weighted by Gasteiger charge is 2.28. The lowest BCUT2D eigenvalue weighted by Crippen LogP contribution is -2.45. The Morgan fingerprint density at radius 2 is 1.73 bits per heavy atom. The molecule has 1 saturated heterocycles. The number of piperidine rings is 1. The zero-order chi connectivity index (χ0) is 21.9. The minimum Gasteiger partial charge on any atom is -0.497 e. The Morgan fingerprint density at radius 1 is 1.10 bits per heavy atom. The molecule has 8 nitrogen and oxygen atoms in total. The summed E-state index contributed by atoms with van der Waals surface area (Å²) in [4.78, 5) is 39.7. The molecule has 1 aliphatic heterocycles. The molecule has 0 aliphatic carbocycles. The molecule has 0 bridgehead atoms. The number of ether oxygens (including phenoxy) is 3. The van der Waals surface area contributed by atoms with Crippen LogP contribution in [-0.2, 0) is 19.1 Å². The summed E-state index contributed by atoms with van der Waals surface area (Å²) in [6, 6.07) is 7.26. The van der Waals surface area contributed by atoms with E-state index >= 15 is 0 Å². The van der Waals surface area contributed by atoms with Crippen molar-refractivity contribution < 1.29 is 28.6 Å². The van der Waals surface area contributed by atoms with Gasteiger partial charge in [0, 0.05) is 26.6 Å². The van der Waals surface area contributed by atoms with Gasteiger partial charge in [0.05, 0.1) is 32.8 Å². The van der Waals surface area contributed by atoms with Crippen molar-refractivity contribution >= 4 is 17.8 Å². The van der Waals surface area contributed by atoms with E-state index in [4.69, 9.17) is 14.2 Å². The van der Waals surface area contributed by atoms with Crippen LogP contribution in [0.15, 0.2) is 24.3 Å². The van der Waals surface area contributed by atoms with Gasteiger partial charge < -0.3 is 24.0 Å². The Morgan fingerprint density at radius 3 is 2.33 bits per heavy atom. The maximum absolute atomic E-state index is 12.5. The summed E-state index contributed by atoms with van der Waals surface area (Å²) < 4.78 is 15.8. The number of rotatable bonds is 10. The van der Waals surface area contributed by atoms with Crippen LogP contribution in [0, 0.1) is 5.92 Å². The molecule has 8 heteroatoms. The molecule has 0 radical (unpaired) electrons. The topological polar surface area (TPSA) is 85.4 Å². The van der Waals surface area contributed by atoms with Crippen molar-refractivity contribution in [2.45, 2.75) is 32.6 Å². The Balaban J connectivity index is 1.64. The van der Waals surface area contributed by atoms with E-state index in [1.54, 1.807) is 26.0 Å². The Hall–Kier alpha value is -2.77. The number of methoxy groups -OCH3 is 1. The number of likely N-dealkylation sites (N-methyl/N-ethyl adjacent to an activating group) is 1. The number of amides is 2. The van der Waals surface area contributed by atoms with Crippen LogP contribution in [0.4, 0.5) is 0 Å². The van der Waals surface area contributed by atoms with Gasteiger partial charge >= 0.3 is 5.97 Å². The second kappa shape index (κ2) is 12.0. The second-order valence-corrected chi connectivity index (χ2v) is 7.28. The van der Waals surface area contributed by atoms with Crippen LogP contribution in [0.3, 0.4) is 0 Å². The molecule has 1 heterocycles. The molecule has 166 valence electrons. The van der Waals surface area contributed by atoms with Gasteiger partial charge in [0.1, 0.15) is 11.5 Å². The second-order valence-electron chi connectivity index (χ2n) is 7.28. The molecular weight excluding hydrogens is 388 g/mol. The van der Waals surface area contributed by atoms with Crippen LogP contribution in [0.25, 0.3) is 0 Å². The first-order chi connectivity index (χ1) is 14.4. The summed E-state index contributed by atoms with van der Waals surface area (Å²) in [5.74, 6) is 0.963. The largest absolute Gasteiger partial charge is 0.497 e. The first-order valence-electron chi connectivity index (χ1n) is 10.4. The van der Waals surface area contributed by atoms with Crippen molar-refractivity contribution in [1.29, 1.82) is 0 Å². The normalized spacial score (nSPS) is 14.2. The summed E-state index contributed by atoms with van der Waals surface area (Å²) in [5, 5.41) is 0. The van der Waals surface area contributed by atoms with E-state index in [-0.39, 0.29) is 30.2 Å². The SMILES string of the molecule is CCOC(=O)C1CCN(C(=O)CN(C)C(=O)CCCOc2ccc(OC)cc2)CC1. The average molecular weight is 421 g/mol. The van der Waals surface area contributed by atoms with Gasteiger partial charge in [0.2, 0.25) is 11.8 Å². The third kappa shape index (κ3) is 7.24. The van der Waals surface area contributed by atoms with E-state index in [1.165, 1.54) is 4.90 Å². The van der Waals surface area contributed by atoms with Gasteiger partial charge in [-0.1, -0.05) is 0 Å². The number of carbonyl (C=O) groups excluding carboxylic acids is 3. The predicted octanol–water partition coefficient (Wildman–Crippen LogP) is 2.11. The number of hydrogen-bond donors (Lipinski definition) is 0. The van der Waals surface area contributed by atoms with E-state index in [9.17, 15) is 14.4 Å². The fourth-order valence-corrected chi connectivity index (χ4v) is 3.29. The predicted molar refractivity (Wildman–Crippen MR) is 111 cm³/mol. The van der Waals surface area contributed by atoms with E-state index in [0.29, 0.717) is 52.0 Å². The number of nitrogens with zero attached hydrogens (tertiary/aromatic N) is 2. The molecule has 1 fully saturated rings. The molecule has 30 heavy (non-hydrogen) atoms. The van der Waals surface area contributed by atoms with Crippen LogP contribution in [0.5, 0.6) is 11.5 Å². The first kappa shape index (κ1) is 23.5. The van der Waals surface area contributed by atoms with Crippen molar-refractivity contribution in [3.05, 3.63) is 24.3 Å². The van der Waals surface area contributed by atoms with Gasteiger partial charge in [-0.25, -0.2) is 0 Å². The van der Waals surface area contributed by atoms with Crippen LogP contribution >= 0.6 is 0 Å². The van der Waals surface area contributed by atoms with Crippen molar-refractivity contribution in [3.8, 4) is 11.5 Å². The highest BCUT2D eigenvalue weighted by molar-refractivity contribution is 5.85.